The molecule has 0 heterocycles. The number of allylic oxidation sites excluding steroid dienone is 1. The Kier molecular flexibility index (Phi) is 6.73. The van der Waals surface area contributed by atoms with Gasteiger partial charge in [0.2, 0.25) is 0 Å². The Balaban J connectivity index is 3.82. The average Bonchev–Trinajstić information content (AvgIpc) is 2.10. The average molecular weight is 167 g/mol. The zero-order chi connectivity index (χ0) is 9.40. The minimum absolute atomic E-state index is 0.640. The molecule has 1 heteroatoms. The Labute approximate surface area is 76.6 Å². The molecule has 0 aliphatic heterocycles. The van der Waals surface area contributed by atoms with Gasteiger partial charge < -0.3 is 0 Å². The smallest absolute Gasteiger partial charge is 0.0224 e. The van der Waals surface area contributed by atoms with Crippen LogP contribution in [-0.2, 0) is 0 Å². The minimum Gasteiger partial charge on any atom is -0.266 e. The summed E-state index contributed by atoms with van der Waals surface area (Å²) < 4.78 is 0. The van der Waals surface area contributed by atoms with Gasteiger partial charge in [-0.1, -0.05) is 32.8 Å². The standard InChI is InChI=1S/C11H21N/c1-5-7-8-10(3)11(4)12-9-6-2/h6,9-10H,5,7-8H2,1-4H3/b9-6-,12-11?. The summed E-state index contributed by atoms with van der Waals surface area (Å²) in [4.78, 5) is 4.33. The molecule has 1 nitrogen and oxygen atoms in total. The van der Waals surface area contributed by atoms with Crippen molar-refractivity contribution in [2.45, 2.75) is 47.0 Å². The van der Waals surface area contributed by atoms with Crippen LogP contribution in [0.4, 0.5) is 0 Å². The number of unbranched alkanes of at least 4 members (excludes halogenated alkanes) is 1. The highest BCUT2D eigenvalue weighted by atomic mass is 14.7. The van der Waals surface area contributed by atoms with E-state index >= 15 is 0 Å². The Morgan fingerprint density at radius 2 is 2.17 bits per heavy atom. The molecule has 0 rings (SSSR count). The van der Waals surface area contributed by atoms with E-state index in [1.807, 2.05) is 19.2 Å². The first-order valence-corrected chi connectivity index (χ1v) is 4.87. The fourth-order valence-electron chi connectivity index (χ4n) is 1.04. The molecule has 0 saturated heterocycles. The molecule has 0 spiro atoms. The Bertz CT molecular complexity index is 156. The van der Waals surface area contributed by atoms with Crippen LogP contribution in [-0.4, -0.2) is 5.71 Å². The van der Waals surface area contributed by atoms with Gasteiger partial charge in [-0.3, -0.25) is 4.99 Å². The second-order valence-electron chi connectivity index (χ2n) is 3.30. The summed E-state index contributed by atoms with van der Waals surface area (Å²) in [5.41, 5.74) is 1.25. The van der Waals surface area contributed by atoms with E-state index in [1.165, 1.54) is 25.0 Å². The lowest BCUT2D eigenvalue weighted by Gasteiger charge is -2.08. The van der Waals surface area contributed by atoms with E-state index in [-0.39, 0.29) is 0 Å². The summed E-state index contributed by atoms with van der Waals surface area (Å²) in [7, 11) is 0. The summed E-state index contributed by atoms with van der Waals surface area (Å²) in [6.45, 7) is 8.58. The number of rotatable bonds is 5. The fourth-order valence-corrected chi connectivity index (χ4v) is 1.04. The molecule has 0 N–H and O–H groups in total. The van der Waals surface area contributed by atoms with E-state index < -0.39 is 0 Å². The third kappa shape index (κ3) is 5.11. The van der Waals surface area contributed by atoms with Crippen LogP contribution in [0.5, 0.6) is 0 Å². The van der Waals surface area contributed by atoms with Crippen molar-refractivity contribution < 1.29 is 0 Å². The lowest BCUT2D eigenvalue weighted by Crippen LogP contribution is -2.05. The molecule has 12 heavy (non-hydrogen) atoms. The molecule has 1 atom stereocenters. The van der Waals surface area contributed by atoms with Crippen LogP contribution < -0.4 is 0 Å². The van der Waals surface area contributed by atoms with Crippen LogP contribution >= 0.6 is 0 Å². The molecule has 0 bridgehead atoms. The zero-order valence-electron chi connectivity index (χ0n) is 8.80. The van der Waals surface area contributed by atoms with Crippen molar-refractivity contribution in [3.63, 3.8) is 0 Å². The lowest BCUT2D eigenvalue weighted by molar-refractivity contribution is 0.622. The molecule has 0 aromatic heterocycles. The van der Waals surface area contributed by atoms with Crippen LogP contribution in [0.3, 0.4) is 0 Å². The maximum Gasteiger partial charge on any atom is 0.0224 e. The van der Waals surface area contributed by atoms with Gasteiger partial charge in [0.05, 0.1) is 0 Å². The van der Waals surface area contributed by atoms with Crippen LogP contribution in [0, 0.1) is 5.92 Å². The minimum atomic E-state index is 0.640. The largest absolute Gasteiger partial charge is 0.266 e. The van der Waals surface area contributed by atoms with Crippen LogP contribution in [0.15, 0.2) is 17.3 Å². The van der Waals surface area contributed by atoms with E-state index in [4.69, 9.17) is 0 Å². The van der Waals surface area contributed by atoms with Gasteiger partial charge in [-0.2, -0.15) is 0 Å². The van der Waals surface area contributed by atoms with Gasteiger partial charge in [-0.15, -0.1) is 0 Å². The predicted molar refractivity (Wildman–Crippen MR) is 56.6 cm³/mol. The summed E-state index contributed by atoms with van der Waals surface area (Å²) in [5, 5.41) is 0. The lowest BCUT2D eigenvalue weighted by atomic mass is 10.00. The van der Waals surface area contributed by atoms with Gasteiger partial charge in [0.25, 0.3) is 0 Å². The summed E-state index contributed by atoms with van der Waals surface area (Å²) in [5.74, 6) is 0.640. The van der Waals surface area contributed by atoms with Crippen LogP contribution in [0.1, 0.15) is 47.0 Å². The first-order valence-electron chi connectivity index (χ1n) is 4.87. The molecule has 0 aromatic carbocycles. The van der Waals surface area contributed by atoms with Crippen molar-refractivity contribution in [2.24, 2.45) is 10.9 Å². The van der Waals surface area contributed by atoms with E-state index in [0.717, 1.165) is 0 Å². The van der Waals surface area contributed by atoms with Gasteiger partial charge in [0.15, 0.2) is 0 Å². The van der Waals surface area contributed by atoms with Crippen molar-refractivity contribution in [3.8, 4) is 0 Å². The maximum absolute atomic E-state index is 4.33. The zero-order valence-corrected chi connectivity index (χ0v) is 8.80. The third-order valence-electron chi connectivity index (χ3n) is 2.13. The highest BCUT2D eigenvalue weighted by molar-refractivity contribution is 5.84. The van der Waals surface area contributed by atoms with Gasteiger partial charge in [-0.25, -0.2) is 0 Å². The first-order chi connectivity index (χ1) is 5.72. The summed E-state index contributed by atoms with van der Waals surface area (Å²) in [6.07, 6.45) is 7.70. The number of hydrogen-bond donors (Lipinski definition) is 0. The van der Waals surface area contributed by atoms with Crippen molar-refractivity contribution in [1.82, 2.24) is 0 Å². The van der Waals surface area contributed by atoms with Crippen molar-refractivity contribution in [1.29, 1.82) is 0 Å². The fraction of sp³-hybridized carbons (Fsp3) is 0.727. The third-order valence-corrected chi connectivity index (χ3v) is 2.13. The first kappa shape index (κ1) is 11.4. The molecule has 70 valence electrons. The summed E-state index contributed by atoms with van der Waals surface area (Å²) >= 11 is 0. The molecule has 1 unspecified atom stereocenters. The highest BCUT2D eigenvalue weighted by Crippen LogP contribution is 2.09. The quantitative estimate of drug-likeness (QED) is 0.552. The molecule has 0 aromatic rings. The van der Waals surface area contributed by atoms with Gasteiger partial charge in [-0.05, 0) is 26.2 Å². The van der Waals surface area contributed by atoms with E-state index in [1.54, 1.807) is 0 Å². The van der Waals surface area contributed by atoms with Crippen molar-refractivity contribution >= 4 is 5.71 Å². The number of nitrogens with zero attached hydrogens (tertiary/aromatic N) is 1. The van der Waals surface area contributed by atoms with E-state index in [2.05, 4.69) is 25.8 Å². The Morgan fingerprint density at radius 3 is 2.67 bits per heavy atom. The molecule has 0 aliphatic carbocycles. The molecule has 0 saturated carbocycles. The molecule has 0 amide bonds. The normalized spacial score (nSPS) is 15.5. The second-order valence-corrected chi connectivity index (χ2v) is 3.30. The maximum atomic E-state index is 4.33. The number of hydrogen-bond acceptors (Lipinski definition) is 1. The molecular formula is C11H21N. The topological polar surface area (TPSA) is 12.4 Å². The Morgan fingerprint density at radius 1 is 1.50 bits per heavy atom. The predicted octanol–water partition coefficient (Wildman–Crippen LogP) is 3.81. The molecule has 0 radical (unpaired) electrons. The van der Waals surface area contributed by atoms with Crippen molar-refractivity contribution in [2.75, 3.05) is 0 Å². The highest BCUT2D eigenvalue weighted by Gasteiger charge is 2.03. The van der Waals surface area contributed by atoms with E-state index in [9.17, 15) is 0 Å². The Hall–Kier alpha value is -0.590. The van der Waals surface area contributed by atoms with Gasteiger partial charge in [0, 0.05) is 11.9 Å². The molecule has 0 aliphatic rings. The van der Waals surface area contributed by atoms with Gasteiger partial charge in [0.1, 0.15) is 0 Å². The van der Waals surface area contributed by atoms with Crippen molar-refractivity contribution in [3.05, 3.63) is 12.3 Å². The van der Waals surface area contributed by atoms with E-state index in [0.29, 0.717) is 5.92 Å². The second kappa shape index (κ2) is 7.08. The SMILES string of the molecule is C/C=C\N=C(C)C(C)CCCC. The van der Waals surface area contributed by atoms with Crippen LogP contribution in [0.25, 0.3) is 0 Å². The molecule has 0 fully saturated rings. The number of aliphatic imine (C=N–C) groups is 1. The monoisotopic (exact) mass is 167 g/mol. The van der Waals surface area contributed by atoms with Gasteiger partial charge >= 0.3 is 0 Å². The summed E-state index contributed by atoms with van der Waals surface area (Å²) in [6, 6.07) is 0. The molecular weight excluding hydrogens is 146 g/mol. The van der Waals surface area contributed by atoms with Crippen LogP contribution in [0.2, 0.25) is 0 Å².